The van der Waals surface area contributed by atoms with Crippen molar-refractivity contribution >= 4 is 11.9 Å². The molecule has 98 valence electrons. The van der Waals surface area contributed by atoms with Crippen LogP contribution in [0, 0.1) is 11.8 Å². The number of aliphatic carboxylic acids is 1. The molecule has 0 spiro atoms. The molecule has 1 aliphatic rings. The van der Waals surface area contributed by atoms with Crippen LogP contribution in [0.1, 0.15) is 36.0 Å². The van der Waals surface area contributed by atoms with E-state index in [1.807, 2.05) is 0 Å². The van der Waals surface area contributed by atoms with Crippen molar-refractivity contribution < 1.29 is 19.1 Å². The minimum atomic E-state index is -0.698. The van der Waals surface area contributed by atoms with E-state index >= 15 is 0 Å². The van der Waals surface area contributed by atoms with Crippen molar-refractivity contribution in [3.8, 4) is 0 Å². The maximum Gasteiger partial charge on any atom is 0.306 e. The SMILES string of the molecule is O=C(NCC1CCC(C(=O)O)CC1)c1ccoc1. The molecule has 1 amide bonds. The summed E-state index contributed by atoms with van der Waals surface area (Å²) in [7, 11) is 0. The molecule has 1 aromatic heterocycles. The van der Waals surface area contributed by atoms with Gasteiger partial charge in [-0.3, -0.25) is 9.59 Å². The van der Waals surface area contributed by atoms with Crippen molar-refractivity contribution in [1.82, 2.24) is 5.32 Å². The first-order valence-electron chi connectivity index (χ1n) is 6.20. The highest BCUT2D eigenvalue weighted by Gasteiger charge is 2.26. The van der Waals surface area contributed by atoms with Crippen molar-refractivity contribution in [2.45, 2.75) is 25.7 Å². The molecular weight excluding hydrogens is 234 g/mol. The second-order valence-corrected chi connectivity index (χ2v) is 4.78. The number of hydrogen-bond acceptors (Lipinski definition) is 3. The number of nitrogens with one attached hydrogen (secondary N) is 1. The highest BCUT2D eigenvalue weighted by atomic mass is 16.4. The highest BCUT2D eigenvalue weighted by molar-refractivity contribution is 5.93. The molecule has 0 saturated heterocycles. The van der Waals surface area contributed by atoms with Crippen LogP contribution in [-0.2, 0) is 4.79 Å². The Hall–Kier alpha value is -1.78. The van der Waals surface area contributed by atoms with Gasteiger partial charge in [-0.1, -0.05) is 0 Å². The summed E-state index contributed by atoms with van der Waals surface area (Å²) < 4.78 is 4.84. The fraction of sp³-hybridized carbons (Fsp3) is 0.538. The van der Waals surface area contributed by atoms with E-state index in [9.17, 15) is 9.59 Å². The van der Waals surface area contributed by atoms with Crippen LogP contribution in [0.5, 0.6) is 0 Å². The molecule has 5 heteroatoms. The summed E-state index contributed by atoms with van der Waals surface area (Å²) in [6.45, 7) is 0.607. The summed E-state index contributed by atoms with van der Waals surface area (Å²) in [5.74, 6) is -0.651. The molecule has 0 atom stereocenters. The fourth-order valence-corrected chi connectivity index (χ4v) is 2.35. The number of carbonyl (C=O) groups is 2. The molecule has 0 bridgehead atoms. The van der Waals surface area contributed by atoms with Crippen molar-refractivity contribution in [1.29, 1.82) is 0 Å². The Morgan fingerprint density at radius 2 is 2.06 bits per heavy atom. The first-order valence-corrected chi connectivity index (χ1v) is 6.20. The first kappa shape index (κ1) is 12.7. The van der Waals surface area contributed by atoms with Gasteiger partial charge in [0.1, 0.15) is 6.26 Å². The zero-order valence-corrected chi connectivity index (χ0v) is 10.1. The predicted molar refractivity (Wildman–Crippen MR) is 64.1 cm³/mol. The van der Waals surface area contributed by atoms with Crippen molar-refractivity contribution in [3.63, 3.8) is 0 Å². The van der Waals surface area contributed by atoms with Gasteiger partial charge in [0.05, 0.1) is 17.7 Å². The topological polar surface area (TPSA) is 79.5 Å². The van der Waals surface area contributed by atoms with E-state index in [1.54, 1.807) is 6.07 Å². The summed E-state index contributed by atoms with van der Waals surface area (Å²) >= 11 is 0. The van der Waals surface area contributed by atoms with Crippen molar-refractivity contribution in [2.24, 2.45) is 11.8 Å². The second-order valence-electron chi connectivity index (χ2n) is 4.78. The van der Waals surface area contributed by atoms with Crippen LogP contribution in [0.4, 0.5) is 0 Å². The number of carbonyl (C=O) groups excluding carboxylic acids is 1. The quantitative estimate of drug-likeness (QED) is 0.856. The van der Waals surface area contributed by atoms with Gasteiger partial charge in [0.2, 0.25) is 0 Å². The minimum absolute atomic E-state index is 0.135. The summed E-state index contributed by atoms with van der Waals surface area (Å²) in [4.78, 5) is 22.5. The Labute approximate surface area is 105 Å². The van der Waals surface area contributed by atoms with Crippen LogP contribution in [-0.4, -0.2) is 23.5 Å². The Kier molecular flexibility index (Phi) is 4.02. The lowest BCUT2D eigenvalue weighted by Crippen LogP contribution is -2.32. The Bertz CT molecular complexity index is 405. The molecule has 18 heavy (non-hydrogen) atoms. The lowest BCUT2D eigenvalue weighted by Gasteiger charge is -2.26. The molecule has 1 saturated carbocycles. The largest absolute Gasteiger partial charge is 0.481 e. The van der Waals surface area contributed by atoms with Crippen LogP contribution in [0.15, 0.2) is 23.0 Å². The van der Waals surface area contributed by atoms with Gasteiger partial charge < -0.3 is 14.8 Å². The van der Waals surface area contributed by atoms with Gasteiger partial charge in [-0.25, -0.2) is 0 Å². The molecule has 5 nitrogen and oxygen atoms in total. The Morgan fingerprint density at radius 1 is 1.33 bits per heavy atom. The maximum absolute atomic E-state index is 11.7. The Balaban J connectivity index is 1.72. The average Bonchev–Trinajstić information content (AvgIpc) is 2.90. The molecular formula is C13H17NO4. The first-order chi connectivity index (χ1) is 8.66. The van der Waals surface area contributed by atoms with E-state index in [0.717, 1.165) is 12.8 Å². The van der Waals surface area contributed by atoms with E-state index < -0.39 is 5.97 Å². The van der Waals surface area contributed by atoms with Gasteiger partial charge in [-0.2, -0.15) is 0 Å². The van der Waals surface area contributed by atoms with Crippen LogP contribution in [0.25, 0.3) is 0 Å². The molecule has 2 N–H and O–H groups in total. The number of hydrogen-bond donors (Lipinski definition) is 2. The highest BCUT2D eigenvalue weighted by Crippen LogP contribution is 2.28. The molecule has 1 aromatic rings. The van der Waals surface area contributed by atoms with Crippen LogP contribution < -0.4 is 5.32 Å². The van der Waals surface area contributed by atoms with Gasteiger partial charge in [0.25, 0.3) is 5.91 Å². The lowest BCUT2D eigenvalue weighted by atomic mass is 9.82. The van der Waals surface area contributed by atoms with Crippen LogP contribution >= 0.6 is 0 Å². The molecule has 0 unspecified atom stereocenters. The summed E-state index contributed by atoms with van der Waals surface area (Å²) in [5.41, 5.74) is 0.522. The van der Waals surface area contributed by atoms with Crippen molar-refractivity contribution in [2.75, 3.05) is 6.54 Å². The van der Waals surface area contributed by atoms with E-state index in [4.69, 9.17) is 9.52 Å². The third-order valence-corrected chi connectivity index (χ3v) is 3.53. The van der Waals surface area contributed by atoms with E-state index in [0.29, 0.717) is 30.9 Å². The number of carboxylic acids is 1. The summed E-state index contributed by atoms with van der Waals surface area (Å²) in [5, 5.41) is 11.7. The summed E-state index contributed by atoms with van der Waals surface area (Å²) in [6.07, 6.45) is 6.03. The third kappa shape index (κ3) is 3.12. The second kappa shape index (κ2) is 5.71. The molecule has 2 rings (SSSR count). The standard InChI is InChI=1S/C13H17NO4/c15-12(11-5-6-18-8-11)14-7-9-1-3-10(4-2-9)13(16)17/h5-6,8-10H,1-4,7H2,(H,14,15)(H,16,17). The number of rotatable bonds is 4. The Morgan fingerprint density at radius 3 is 2.61 bits per heavy atom. The van der Waals surface area contributed by atoms with Crippen LogP contribution in [0.3, 0.4) is 0 Å². The summed E-state index contributed by atoms with van der Waals surface area (Å²) in [6, 6.07) is 1.62. The normalized spacial score (nSPS) is 23.6. The van der Waals surface area contributed by atoms with Gasteiger partial charge in [0, 0.05) is 6.54 Å². The molecule has 1 heterocycles. The minimum Gasteiger partial charge on any atom is -0.481 e. The average molecular weight is 251 g/mol. The zero-order chi connectivity index (χ0) is 13.0. The molecule has 0 aliphatic heterocycles. The zero-order valence-electron chi connectivity index (χ0n) is 10.1. The fourth-order valence-electron chi connectivity index (χ4n) is 2.35. The monoisotopic (exact) mass is 251 g/mol. The van der Waals surface area contributed by atoms with E-state index in [2.05, 4.69) is 5.32 Å². The van der Waals surface area contributed by atoms with E-state index in [-0.39, 0.29) is 11.8 Å². The molecule has 0 radical (unpaired) electrons. The number of amides is 1. The van der Waals surface area contributed by atoms with E-state index in [1.165, 1.54) is 12.5 Å². The predicted octanol–water partition coefficient (Wildman–Crippen LogP) is 1.90. The van der Waals surface area contributed by atoms with Gasteiger partial charge >= 0.3 is 5.97 Å². The smallest absolute Gasteiger partial charge is 0.306 e. The van der Waals surface area contributed by atoms with Crippen molar-refractivity contribution in [3.05, 3.63) is 24.2 Å². The van der Waals surface area contributed by atoms with Gasteiger partial charge in [0.15, 0.2) is 0 Å². The molecule has 1 fully saturated rings. The number of furan rings is 1. The van der Waals surface area contributed by atoms with Gasteiger partial charge in [-0.15, -0.1) is 0 Å². The molecule has 0 aromatic carbocycles. The van der Waals surface area contributed by atoms with Gasteiger partial charge in [-0.05, 0) is 37.7 Å². The molecule has 1 aliphatic carbocycles. The number of carboxylic acid groups (broad SMARTS) is 1. The lowest BCUT2D eigenvalue weighted by molar-refractivity contribution is -0.143. The third-order valence-electron chi connectivity index (χ3n) is 3.53. The maximum atomic E-state index is 11.7. The van der Waals surface area contributed by atoms with Crippen LogP contribution in [0.2, 0.25) is 0 Å².